The van der Waals surface area contributed by atoms with Gasteiger partial charge in [-0.2, -0.15) is 0 Å². The summed E-state index contributed by atoms with van der Waals surface area (Å²) in [7, 11) is 0. The third kappa shape index (κ3) is 3.60. The number of oxazole rings is 1. The lowest BCUT2D eigenvalue weighted by Crippen LogP contribution is -2.20. The molecule has 0 fully saturated rings. The molecule has 1 amide bonds. The van der Waals surface area contributed by atoms with Crippen molar-refractivity contribution in [3.8, 4) is 5.75 Å². The number of aromatic amines is 1. The smallest absolute Gasteiger partial charge is 0.417 e. The molecule has 2 aromatic carbocycles. The quantitative estimate of drug-likeness (QED) is 0.758. The fourth-order valence-corrected chi connectivity index (χ4v) is 2.20. The Balaban J connectivity index is 1.60. The largest absolute Gasteiger partial charge is 0.484 e. The zero-order valence-electron chi connectivity index (χ0n) is 12.6. The van der Waals surface area contributed by atoms with Gasteiger partial charge in [-0.3, -0.25) is 9.78 Å². The minimum atomic E-state index is -0.526. The van der Waals surface area contributed by atoms with Gasteiger partial charge in [0.05, 0.1) is 5.52 Å². The summed E-state index contributed by atoms with van der Waals surface area (Å²) in [4.78, 5) is 25.6. The zero-order valence-corrected chi connectivity index (χ0v) is 12.6. The lowest BCUT2D eigenvalue weighted by molar-refractivity contribution is -0.118. The average Bonchev–Trinajstić information content (AvgIpc) is 2.92. The van der Waals surface area contributed by atoms with E-state index >= 15 is 0 Å². The minimum Gasteiger partial charge on any atom is -0.484 e. The number of ether oxygens (including phenoxy) is 1. The van der Waals surface area contributed by atoms with E-state index in [1.54, 1.807) is 18.2 Å². The van der Waals surface area contributed by atoms with Crippen LogP contribution in [0.3, 0.4) is 0 Å². The lowest BCUT2D eigenvalue weighted by atomic mass is 10.2. The molecule has 0 radical (unpaired) electrons. The molecule has 3 aromatic rings. The predicted octanol–water partition coefficient (Wildman–Crippen LogP) is 2.70. The first kappa shape index (κ1) is 14.9. The number of hydrogen-bond acceptors (Lipinski definition) is 4. The van der Waals surface area contributed by atoms with Crippen LogP contribution >= 0.6 is 0 Å². The summed E-state index contributed by atoms with van der Waals surface area (Å²) in [6, 6.07) is 12.5. The lowest BCUT2D eigenvalue weighted by Gasteiger charge is -2.08. The van der Waals surface area contributed by atoms with E-state index in [1.807, 2.05) is 24.3 Å². The van der Waals surface area contributed by atoms with E-state index in [0.29, 0.717) is 22.5 Å². The van der Waals surface area contributed by atoms with Gasteiger partial charge in [-0.25, -0.2) is 4.79 Å². The maximum Gasteiger partial charge on any atom is 0.417 e. The molecule has 0 spiro atoms. The van der Waals surface area contributed by atoms with Crippen LogP contribution in [0.2, 0.25) is 0 Å². The molecular formula is C17H16N2O4. The Bertz CT molecular complexity index is 877. The van der Waals surface area contributed by atoms with Crippen LogP contribution < -0.4 is 15.8 Å². The van der Waals surface area contributed by atoms with Crippen molar-refractivity contribution in [2.75, 3.05) is 11.9 Å². The van der Waals surface area contributed by atoms with Gasteiger partial charge in [-0.15, -0.1) is 0 Å². The summed E-state index contributed by atoms with van der Waals surface area (Å²) >= 11 is 0. The van der Waals surface area contributed by atoms with Gasteiger partial charge in [0.25, 0.3) is 5.91 Å². The normalized spacial score (nSPS) is 10.7. The number of amides is 1. The topological polar surface area (TPSA) is 84.3 Å². The van der Waals surface area contributed by atoms with Gasteiger partial charge in [0, 0.05) is 5.69 Å². The highest BCUT2D eigenvalue weighted by molar-refractivity contribution is 5.93. The van der Waals surface area contributed by atoms with Gasteiger partial charge >= 0.3 is 5.76 Å². The molecule has 6 heteroatoms. The molecule has 0 aliphatic carbocycles. The molecule has 0 saturated heterocycles. The number of rotatable bonds is 5. The predicted molar refractivity (Wildman–Crippen MR) is 86.8 cm³/mol. The second-order valence-corrected chi connectivity index (χ2v) is 5.06. The number of carbonyl (C=O) groups excluding carboxylic acids is 1. The van der Waals surface area contributed by atoms with Gasteiger partial charge in [0.15, 0.2) is 12.2 Å². The van der Waals surface area contributed by atoms with Crippen molar-refractivity contribution in [3.63, 3.8) is 0 Å². The van der Waals surface area contributed by atoms with E-state index in [-0.39, 0.29) is 12.5 Å². The first-order valence-electron chi connectivity index (χ1n) is 7.28. The van der Waals surface area contributed by atoms with E-state index in [1.165, 1.54) is 5.56 Å². The zero-order chi connectivity index (χ0) is 16.2. The summed E-state index contributed by atoms with van der Waals surface area (Å²) < 4.78 is 10.3. The fraction of sp³-hybridized carbons (Fsp3) is 0.176. The summed E-state index contributed by atoms with van der Waals surface area (Å²) in [6.45, 7) is 1.98. The third-order valence-electron chi connectivity index (χ3n) is 3.40. The molecule has 2 N–H and O–H groups in total. The summed E-state index contributed by atoms with van der Waals surface area (Å²) in [5.41, 5.74) is 2.75. The van der Waals surface area contributed by atoms with Gasteiger partial charge in [0.2, 0.25) is 0 Å². The van der Waals surface area contributed by atoms with Gasteiger partial charge in [-0.1, -0.05) is 19.1 Å². The molecule has 23 heavy (non-hydrogen) atoms. The standard InChI is InChI=1S/C17H16N2O4/c1-2-11-3-6-13(7-4-11)22-10-16(20)18-12-5-8-15-14(9-12)19-17(21)23-15/h3-9H,2,10H2,1H3,(H,18,20)(H,19,21). The van der Waals surface area contributed by atoms with E-state index in [4.69, 9.17) is 9.15 Å². The maximum atomic E-state index is 11.9. The van der Waals surface area contributed by atoms with Crippen LogP contribution in [-0.2, 0) is 11.2 Å². The number of fused-ring (bicyclic) bond motifs is 1. The van der Waals surface area contributed by atoms with Crippen LogP contribution in [0.5, 0.6) is 5.75 Å². The van der Waals surface area contributed by atoms with Crippen molar-refractivity contribution < 1.29 is 13.9 Å². The molecule has 0 atom stereocenters. The monoisotopic (exact) mass is 312 g/mol. The van der Waals surface area contributed by atoms with Crippen molar-refractivity contribution in [2.45, 2.75) is 13.3 Å². The average molecular weight is 312 g/mol. The molecular weight excluding hydrogens is 296 g/mol. The SMILES string of the molecule is CCc1ccc(OCC(=O)Nc2ccc3oc(=O)[nH]c3c2)cc1. The number of benzene rings is 2. The Labute approximate surface area is 132 Å². The maximum absolute atomic E-state index is 11.9. The molecule has 0 aliphatic heterocycles. The molecule has 118 valence electrons. The van der Waals surface area contributed by atoms with E-state index < -0.39 is 5.76 Å². The number of carbonyl (C=O) groups is 1. The van der Waals surface area contributed by atoms with Crippen molar-refractivity contribution in [3.05, 3.63) is 58.6 Å². The van der Waals surface area contributed by atoms with Crippen LogP contribution in [0.15, 0.2) is 51.7 Å². The second-order valence-electron chi connectivity index (χ2n) is 5.06. The molecule has 0 saturated carbocycles. The van der Waals surface area contributed by atoms with Crippen LogP contribution in [0.25, 0.3) is 11.1 Å². The van der Waals surface area contributed by atoms with Gasteiger partial charge in [-0.05, 0) is 42.3 Å². The van der Waals surface area contributed by atoms with Gasteiger partial charge < -0.3 is 14.5 Å². The minimum absolute atomic E-state index is 0.0918. The number of anilines is 1. The second kappa shape index (κ2) is 6.39. The molecule has 0 aliphatic rings. The molecule has 1 aromatic heterocycles. The highest BCUT2D eigenvalue weighted by Gasteiger charge is 2.06. The van der Waals surface area contributed by atoms with Crippen molar-refractivity contribution >= 4 is 22.7 Å². The Morgan fingerprint density at radius 3 is 2.74 bits per heavy atom. The number of H-pyrrole nitrogens is 1. The van der Waals surface area contributed by atoms with Gasteiger partial charge in [0.1, 0.15) is 5.75 Å². The molecule has 0 bridgehead atoms. The van der Waals surface area contributed by atoms with Crippen LogP contribution in [0.1, 0.15) is 12.5 Å². The fourth-order valence-electron chi connectivity index (χ4n) is 2.20. The third-order valence-corrected chi connectivity index (χ3v) is 3.40. The Hall–Kier alpha value is -3.02. The van der Waals surface area contributed by atoms with Crippen molar-refractivity contribution in [2.24, 2.45) is 0 Å². The van der Waals surface area contributed by atoms with E-state index in [2.05, 4.69) is 17.2 Å². The van der Waals surface area contributed by atoms with Crippen LogP contribution in [0.4, 0.5) is 5.69 Å². The first-order chi connectivity index (χ1) is 11.1. The molecule has 1 heterocycles. The number of aromatic nitrogens is 1. The van der Waals surface area contributed by atoms with Crippen molar-refractivity contribution in [1.82, 2.24) is 4.98 Å². The molecule has 0 unspecified atom stereocenters. The Morgan fingerprint density at radius 1 is 1.22 bits per heavy atom. The Morgan fingerprint density at radius 2 is 2.00 bits per heavy atom. The highest BCUT2D eigenvalue weighted by atomic mass is 16.5. The van der Waals surface area contributed by atoms with E-state index in [9.17, 15) is 9.59 Å². The first-order valence-corrected chi connectivity index (χ1v) is 7.28. The number of nitrogens with one attached hydrogen (secondary N) is 2. The highest BCUT2D eigenvalue weighted by Crippen LogP contribution is 2.16. The van der Waals surface area contributed by atoms with Crippen molar-refractivity contribution in [1.29, 1.82) is 0 Å². The van der Waals surface area contributed by atoms with Crippen LogP contribution in [0, 0.1) is 0 Å². The van der Waals surface area contributed by atoms with Crippen LogP contribution in [-0.4, -0.2) is 17.5 Å². The number of aryl methyl sites for hydroxylation is 1. The molecule has 6 nitrogen and oxygen atoms in total. The van der Waals surface area contributed by atoms with E-state index in [0.717, 1.165) is 6.42 Å². The summed E-state index contributed by atoms with van der Waals surface area (Å²) in [6.07, 6.45) is 0.958. The Kier molecular flexibility index (Phi) is 4.14. The molecule has 3 rings (SSSR count). The number of hydrogen-bond donors (Lipinski definition) is 2. The summed E-state index contributed by atoms with van der Waals surface area (Å²) in [5.74, 6) is -0.163. The summed E-state index contributed by atoms with van der Waals surface area (Å²) in [5, 5.41) is 2.71.